The summed E-state index contributed by atoms with van der Waals surface area (Å²) in [5.41, 5.74) is 0.253. The van der Waals surface area contributed by atoms with Gasteiger partial charge in [-0.3, -0.25) is 4.79 Å². The van der Waals surface area contributed by atoms with Gasteiger partial charge < -0.3 is 5.32 Å². The maximum atomic E-state index is 14.4. The molecule has 0 aliphatic heterocycles. The first kappa shape index (κ1) is 21.1. The van der Waals surface area contributed by atoms with E-state index in [-0.39, 0.29) is 17.5 Å². The molecule has 4 heteroatoms. The van der Waals surface area contributed by atoms with Crippen LogP contribution < -0.4 is 5.32 Å². The lowest BCUT2D eigenvalue weighted by Gasteiger charge is -2.36. The molecule has 146 valence electrons. The van der Waals surface area contributed by atoms with Crippen LogP contribution in [0, 0.1) is 11.6 Å². The molecule has 1 saturated carbocycles. The first-order valence-electron chi connectivity index (χ1n) is 9.90. The highest BCUT2D eigenvalue weighted by Crippen LogP contribution is 2.40. The Balaban J connectivity index is 0.00000126. The van der Waals surface area contributed by atoms with E-state index in [1.807, 2.05) is 13.8 Å². The highest BCUT2D eigenvalue weighted by Gasteiger charge is 2.42. The van der Waals surface area contributed by atoms with Crippen LogP contribution in [0.3, 0.4) is 0 Å². The van der Waals surface area contributed by atoms with E-state index in [0.717, 1.165) is 19.3 Å². The molecule has 1 aliphatic carbocycles. The Hall–Kier alpha value is -2.23. The molecule has 27 heavy (non-hydrogen) atoms. The molecule has 0 heterocycles. The fourth-order valence-electron chi connectivity index (χ4n) is 3.80. The standard InChI is InChI=1S/C21H23F2NO.C2H6/c22-18-10-4-2-8-16(18)12-15-24-20(25)21(13-6-1-7-14-21)17-9-3-5-11-19(17)23;1-2/h2-5,8-11H,1,6-7,12-15H2,(H,24,25);1-2H3. The van der Waals surface area contributed by atoms with E-state index in [0.29, 0.717) is 36.9 Å². The molecule has 0 atom stereocenters. The quantitative estimate of drug-likeness (QED) is 0.731. The van der Waals surface area contributed by atoms with Gasteiger partial charge in [-0.2, -0.15) is 0 Å². The zero-order chi connectivity index (χ0) is 19.7. The minimum atomic E-state index is -0.807. The molecule has 1 amide bonds. The number of rotatable bonds is 5. The van der Waals surface area contributed by atoms with Crippen LogP contribution in [-0.2, 0) is 16.6 Å². The molecular formula is C23H29F2NO. The number of carbonyl (C=O) groups is 1. The topological polar surface area (TPSA) is 29.1 Å². The minimum Gasteiger partial charge on any atom is -0.355 e. The summed E-state index contributed by atoms with van der Waals surface area (Å²) in [6.07, 6.45) is 4.62. The second-order valence-electron chi connectivity index (χ2n) is 6.72. The van der Waals surface area contributed by atoms with Crippen molar-refractivity contribution in [1.29, 1.82) is 0 Å². The fraction of sp³-hybridized carbons (Fsp3) is 0.435. The van der Waals surface area contributed by atoms with E-state index < -0.39 is 5.41 Å². The smallest absolute Gasteiger partial charge is 0.230 e. The number of benzene rings is 2. The molecule has 2 aromatic carbocycles. The summed E-state index contributed by atoms with van der Waals surface area (Å²) in [4.78, 5) is 13.0. The maximum absolute atomic E-state index is 14.4. The monoisotopic (exact) mass is 373 g/mol. The van der Waals surface area contributed by atoms with Gasteiger partial charge in [0.2, 0.25) is 5.91 Å². The molecule has 0 bridgehead atoms. The third-order valence-electron chi connectivity index (χ3n) is 5.17. The first-order chi connectivity index (χ1) is 13.1. The lowest BCUT2D eigenvalue weighted by atomic mass is 9.68. The number of hydrogen-bond acceptors (Lipinski definition) is 1. The van der Waals surface area contributed by atoms with Crippen LogP contribution >= 0.6 is 0 Å². The first-order valence-corrected chi connectivity index (χ1v) is 9.90. The van der Waals surface area contributed by atoms with Gasteiger partial charge in [0, 0.05) is 12.1 Å². The van der Waals surface area contributed by atoms with Crippen LogP contribution in [-0.4, -0.2) is 12.5 Å². The summed E-state index contributed by atoms with van der Waals surface area (Å²) in [7, 11) is 0. The molecule has 1 aliphatic rings. The van der Waals surface area contributed by atoms with Gasteiger partial charge in [0.25, 0.3) is 0 Å². The Morgan fingerprint density at radius 3 is 2.15 bits per heavy atom. The van der Waals surface area contributed by atoms with Crippen LogP contribution in [0.15, 0.2) is 48.5 Å². The maximum Gasteiger partial charge on any atom is 0.230 e. The summed E-state index contributed by atoms with van der Waals surface area (Å²) < 4.78 is 28.1. The van der Waals surface area contributed by atoms with Crippen LogP contribution in [0.5, 0.6) is 0 Å². The Morgan fingerprint density at radius 2 is 1.52 bits per heavy atom. The lowest BCUT2D eigenvalue weighted by molar-refractivity contribution is -0.128. The second kappa shape index (κ2) is 10.2. The van der Waals surface area contributed by atoms with Crippen molar-refractivity contribution in [2.45, 2.75) is 57.8 Å². The van der Waals surface area contributed by atoms with Crippen LogP contribution in [0.2, 0.25) is 0 Å². The summed E-state index contributed by atoms with van der Waals surface area (Å²) >= 11 is 0. The van der Waals surface area contributed by atoms with E-state index in [4.69, 9.17) is 0 Å². The summed E-state index contributed by atoms with van der Waals surface area (Å²) in [5, 5.41) is 2.92. The molecule has 0 saturated heterocycles. The third kappa shape index (κ3) is 4.94. The van der Waals surface area contributed by atoms with Crippen molar-refractivity contribution >= 4 is 5.91 Å². The highest BCUT2D eigenvalue weighted by atomic mass is 19.1. The van der Waals surface area contributed by atoms with Gasteiger partial charge in [-0.1, -0.05) is 69.5 Å². The van der Waals surface area contributed by atoms with E-state index in [2.05, 4.69) is 5.32 Å². The molecule has 0 radical (unpaired) electrons. The van der Waals surface area contributed by atoms with Gasteiger partial charge in [-0.05, 0) is 37.0 Å². The van der Waals surface area contributed by atoms with Crippen molar-refractivity contribution in [3.05, 3.63) is 71.3 Å². The van der Waals surface area contributed by atoms with Crippen molar-refractivity contribution in [3.8, 4) is 0 Å². The van der Waals surface area contributed by atoms with Gasteiger partial charge in [0.15, 0.2) is 0 Å². The van der Waals surface area contributed by atoms with Gasteiger partial charge in [-0.25, -0.2) is 8.78 Å². The molecule has 0 unspecified atom stereocenters. The number of hydrogen-bond donors (Lipinski definition) is 1. The van der Waals surface area contributed by atoms with Crippen molar-refractivity contribution in [2.75, 3.05) is 6.54 Å². The van der Waals surface area contributed by atoms with E-state index in [9.17, 15) is 13.6 Å². The SMILES string of the molecule is CC.O=C(NCCc1ccccc1F)C1(c2ccccc2F)CCCCC1. The largest absolute Gasteiger partial charge is 0.355 e. The summed E-state index contributed by atoms with van der Waals surface area (Å²) in [6.45, 7) is 4.34. The normalized spacial score (nSPS) is 15.4. The van der Waals surface area contributed by atoms with Gasteiger partial charge in [0.05, 0.1) is 5.41 Å². The molecular weight excluding hydrogens is 344 g/mol. The van der Waals surface area contributed by atoms with Crippen molar-refractivity contribution in [1.82, 2.24) is 5.32 Å². The predicted molar refractivity (Wildman–Crippen MR) is 106 cm³/mol. The minimum absolute atomic E-state index is 0.145. The number of amides is 1. The van der Waals surface area contributed by atoms with Gasteiger partial charge in [0.1, 0.15) is 11.6 Å². The molecule has 1 fully saturated rings. The van der Waals surface area contributed by atoms with Crippen LogP contribution in [0.1, 0.15) is 57.1 Å². The highest BCUT2D eigenvalue weighted by molar-refractivity contribution is 5.88. The Kier molecular flexibility index (Phi) is 7.96. The Labute approximate surface area is 161 Å². The van der Waals surface area contributed by atoms with Crippen molar-refractivity contribution < 1.29 is 13.6 Å². The Bertz CT molecular complexity index is 739. The molecule has 0 spiro atoms. The molecule has 1 N–H and O–H groups in total. The van der Waals surface area contributed by atoms with E-state index in [1.54, 1.807) is 36.4 Å². The van der Waals surface area contributed by atoms with Crippen molar-refractivity contribution in [2.24, 2.45) is 0 Å². The van der Waals surface area contributed by atoms with Gasteiger partial charge in [-0.15, -0.1) is 0 Å². The molecule has 3 rings (SSSR count). The summed E-state index contributed by atoms with van der Waals surface area (Å²) in [5.74, 6) is -0.736. The predicted octanol–water partition coefficient (Wildman–Crippen LogP) is 5.55. The van der Waals surface area contributed by atoms with Crippen LogP contribution in [0.4, 0.5) is 8.78 Å². The average molecular weight is 373 g/mol. The molecule has 2 nitrogen and oxygen atoms in total. The number of nitrogens with one attached hydrogen (secondary N) is 1. The average Bonchev–Trinajstić information content (AvgIpc) is 2.71. The van der Waals surface area contributed by atoms with Crippen LogP contribution in [0.25, 0.3) is 0 Å². The third-order valence-corrected chi connectivity index (χ3v) is 5.17. The van der Waals surface area contributed by atoms with E-state index in [1.165, 1.54) is 12.1 Å². The Morgan fingerprint density at radius 1 is 0.926 bits per heavy atom. The van der Waals surface area contributed by atoms with Crippen molar-refractivity contribution in [3.63, 3.8) is 0 Å². The second-order valence-corrected chi connectivity index (χ2v) is 6.72. The number of halogens is 2. The zero-order valence-corrected chi connectivity index (χ0v) is 16.2. The number of carbonyl (C=O) groups excluding carboxylic acids is 1. The van der Waals surface area contributed by atoms with E-state index >= 15 is 0 Å². The fourth-order valence-corrected chi connectivity index (χ4v) is 3.80. The summed E-state index contributed by atoms with van der Waals surface area (Å²) in [6, 6.07) is 13.1. The molecule has 0 aromatic heterocycles. The van der Waals surface area contributed by atoms with Gasteiger partial charge >= 0.3 is 0 Å². The lowest BCUT2D eigenvalue weighted by Crippen LogP contribution is -2.47. The molecule has 2 aromatic rings. The zero-order valence-electron chi connectivity index (χ0n) is 16.2.